The van der Waals surface area contributed by atoms with E-state index in [4.69, 9.17) is 9.72 Å². The lowest BCUT2D eigenvalue weighted by Gasteiger charge is -2.39. The van der Waals surface area contributed by atoms with Gasteiger partial charge in [0.25, 0.3) is 0 Å². The van der Waals surface area contributed by atoms with Crippen LogP contribution in [-0.2, 0) is 11.2 Å². The summed E-state index contributed by atoms with van der Waals surface area (Å²) in [4.78, 5) is 12.2. The number of ether oxygens (including phenoxy) is 1. The van der Waals surface area contributed by atoms with Crippen LogP contribution in [0.2, 0.25) is 0 Å². The van der Waals surface area contributed by atoms with Crippen molar-refractivity contribution >= 4 is 27.2 Å². The molecule has 0 N–H and O–H groups in total. The van der Waals surface area contributed by atoms with E-state index in [1.807, 2.05) is 6.20 Å². The van der Waals surface area contributed by atoms with Gasteiger partial charge in [0.2, 0.25) is 0 Å². The van der Waals surface area contributed by atoms with E-state index in [0.29, 0.717) is 6.73 Å². The second-order valence-electron chi connectivity index (χ2n) is 10.2. The summed E-state index contributed by atoms with van der Waals surface area (Å²) >= 11 is 3.54. The van der Waals surface area contributed by atoms with E-state index in [9.17, 15) is 0 Å². The molecule has 0 amide bonds. The first-order valence-corrected chi connectivity index (χ1v) is 12.6. The number of aromatic nitrogens is 1. The fourth-order valence-electron chi connectivity index (χ4n) is 4.81. The average molecular weight is 509 g/mol. The third-order valence-corrected chi connectivity index (χ3v) is 7.46. The van der Waals surface area contributed by atoms with Crippen molar-refractivity contribution in [1.82, 2.24) is 14.8 Å². The molecule has 2 aliphatic heterocycles. The number of hydrogen-bond donors (Lipinski definition) is 0. The molecule has 1 saturated heterocycles. The first-order valence-electron chi connectivity index (χ1n) is 11.8. The normalized spacial score (nSPS) is 20.0. The number of benzene rings is 1. The molecule has 0 spiro atoms. The number of fused-ring (bicyclic) bond motifs is 1. The number of allylic oxidation sites excluding steroid dienone is 1. The molecule has 1 aromatic carbocycles. The molecular formula is C27H33BrN4O. The van der Waals surface area contributed by atoms with Gasteiger partial charge in [-0.2, -0.15) is 0 Å². The van der Waals surface area contributed by atoms with Gasteiger partial charge in [-0.1, -0.05) is 22.0 Å². The minimum absolute atomic E-state index is 0.0767. The Bertz CT molecular complexity index is 1060. The zero-order valence-electron chi connectivity index (χ0n) is 19.9. The van der Waals surface area contributed by atoms with Crippen LogP contribution in [0.15, 0.2) is 64.5 Å². The molecule has 0 atom stereocenters. The van der Waals surface area contributed by atoms with Crippen molar-refractivity contribution in [3.05, 3.63) is 75.7 Å². The van der Waals surface area contributed by atoms with Gasteiger partial charge in [-0.15, -0.1) is 0 Å². The van der Waals surface area contributed by atoms with E-state index in [0.717, 1.165) is 61.6 Å². The number of piperazine rings is 1. The third-order valence-electron chi connectivity index (χ3n) is 6.93. The van der Waals surface area contributed by atoms with Gasteiger partial charge in [-0.25, -0.2) is 0 Å². The van der Waals surface area contributed by atoms with Crippen LogP contribution in [0.5, 0.6) is 0 Å². The maximum absolute atomic E-state index is 6.26. The van der Waals surface area contributed by atoms with Gasteiger partial charge >= 0.3 is 0 Å². The SMILES string of the molecule is CC(C)(C)N1COC2=C(C=C(CN3CCN(c4ccc(Br)cc4)CC3)c3cccnc3C2)C1. The highest BCUT2D eigenvalue weighted by Gasteiger charge is 2.30. The Morgan fingerprint density at radius 2 is 1.79 bits per heavy atom. The maximum Gasteiger partial charge on any atom is 0.142 e. The van der Waals surface area contributed by atoms with E-state index in [2.05, 4.69) is 93.9 Å². The van der Waals surface area contributed by atoms with Gasteiger partial charge in [0.05, 0.1) is 5.69 Å². The van der Waals surface area contributed by atoms with Gasteiger partial charge < -0.3 is 9.64 Å². The quantitative estimate of drug-likeness (QED) is 0.585. The van der Waals surface area contributed by atoms with Crippen LogP contribution in [0.4, 0.5) is 5.69 Å². The van der Waals surface area contributed by atoms with E-state index >= 15 is 0 Å². The largest absolute Gasteiger partial charge is 0.482 e. The summed E-state index contributed by atoms with van der Waals surface area (Å²) in [5, 5.41) is 0. The maximum atomic E-state index is 6.26. The molecule has 5 nitrogen and oxygen atoms in total. The van der Waals surface area contributed by atoms with Crippen molar-refractivity contribution in [1.29, 1.82) is 0 Å². The van der Waals surface area contributed by atoms with Crippen molar-refractivity contribution in [2.24, 2.45) is 0 Å². The van der Waals surface area contributed by atoms with E-state index in [-0.39, 0.29) is 5.54 Å². The summed E-state index contributed by atoms with van der Waals surface area (Å²) in [6.07, 6.45) is 5.08. The number of rotatable bonds is 3. The van der Waals surface area contributed by atoms with Gasteiger partial charge in [-0.05, 0) is 62.8 Å². The number of nitrogens with zero attached hydrogens (tertiary/aromatic N) is 4. The molecule has 5 rings (SSSR count). The highest BCUT2D eigenvalue weighted by Crippen LogP contribution is 2.33. The topological polar surface area (TPSA) is 31.8 Å². The first-order chi connectivity index (χ1) is 15.9. The molecule has 1 aliphatic carbocycles. The van der Waals surface area contributed by atoms with Crippen LogP contribution in [0, 0.1) is 0 Å². The summed E-state index contributed by atoms with van der Waals surface area (Å²) in [5.74, 6) is 1.09. The lowest BCUT2D eigenvalue weighted by molar-refractivity contribution is -0.000167. The first kappa shape index (κ1) is 22.6. The molecule has 3 aliphatic rings. The Hall–Kier alpha value is -2.15. The highest BCUT2D eigenvalue weighted by molar-refractivity contribution is 9.10. The van der Waals surface area contributed by atoms with Crippen LogP contribution in [0.25, 0.3) is 5.57 Å². The molecule has 0 bridgehead atoms. The Labute approximate surface area is 205 Å². The van der Waals surface area contributed by atoms with Crippen LogP contribution >= 0.6 is 15.9 Å². The molecule has 6 heteroatoms. The van der Waals surface area contributed by atoms with Crippen LogP contribution in [0.1, 0.15) is 32.0 Å². The van der Waals surface area contributed by atoms with Crippen molar-refractivity contribution < 1.29 is 4.74 Å². The summed E-state index contributed by atoms with van der Waals surface area (Å²) in [6.45, 7) is 13.5. The number of halogens is 1. The zero-order chi connectivity index (χ0) is 23.0. The Morgan fingerprint density at radius 3 is 2.52 bits per heavy atom. The van der Waals surface area contributed by atoms with Crippen LogP contribution in [-0.4, -0.2) is 66.3 Å². The van der Waals surface area contributed by atoms with Crippen molar-refractivity contribution in [3.8, 4) is 0 Å². The summed E-state index contributed by atoms with van der Waals surface area (Å²) < 4.78 is 7.39. The fourth-order valence-corrected chi connectivity index (χ4v) is 5.07. The lowest BCUT2D eigenvalue weighted by Crippen LogP contribution is -2.47. The van der Waals surface area contributed by atoms with Crippen LogP contribution in [0.3, 0.4) is 0 Å². The van der Waals surface area contributed by atoms with Gasteiger partial charge in [0, 0.05) is 78.7 Å². The molecule has 0 saturated carbocycles. The van der Waals surface area contributed by atoms with Gasteiger partial charge in [-0.3, -0.25) is 14.8 Å². The molecule has 1 aromatic heterocycles. The predicted molar refractivity (Wildman–Crippen MR) is 138 cm³/mol. The molecule has 1 fully saturated rings. The number of pyridine rings is 1. The molecule has 174 valence electrons. The summed E-state index contributed by atoms with van der Waals surface area (Å²) in [7, 11) is 0. The summed E-state index contributed by atoms with van der Waals surface area (Å²) in [5.41, 5.74) is 6.45. The van der Waals surface area contributed by atoms with E-state index in [1.165, 1.54) is 22.4 Å². The Morgan fingerprint density at radius 1 is 1.03 bits per heavy atom. The minimum Gasteiger partial charge on any atom is -0.482 e. The molecule has 3 heterocycles. The smallest absolute Gasteiger partial charge is 0.142 e. The fraction of sp³-hybridized carbons (Fsp3) is 0.444. The molecule has 0 radical (unpaired) electrons. The second kappa shape index (κ2) is 9.24. The standard InChI is InChI=1S/C27H33BrN4O/c1-27(2,3)32-18-21-15-20(24-5-4-10-29-25(24)16-26(21)33-19-32)17-30-11-13-31(14-12-30)23-8-6-22(28)7-9-23/h4-10,15H,11-14,16-19H2,1-3H3. The monoisotopic (exact) mass is 508 g/mol. The molecule has 33 heavy (non-hydrogen) atoms. The zero-order valence-corrected chi connectivity index (χ0v) is 21.4. The van der Waals surface area contributed by atoms with Crippen LogP contribution < -0.4 is 4.90 Å². The third kappa shape index (κ3) is 5.03. The number of hydrogen-bond acceptors (Lipinski definition) is 5. The van der Waals surface area contributed by atoms with Crippen molar-refractivity contribution in [3.63, 3.8) is 0 Å². The highest BCUT2D eigenvalue weighted by atomic mass is 79.9. The van der Waals surface area contributed by atoms with Gasteiger partial charge in [0.15, 0.2) is 0 Å². The molecular weight excluding hydrogens is 476 g/mol. The van der Waals surface area contributed by atoms with Crippen molar-refractivity contribution in [2.45, 2.75) is 32.7 Å². The summed E-state index contributed by atoms with van der Waals surface area (Å²) in [6, 6.07) is 12.9. The predicted octanol–water partition coefficient (Wildman–Crippen LogP) is 4.95. The van der Waals surface area contributed by atoms with Gasteiger partial charge in [0.1, 0.15) is 12.5 Å². The lowest BCUT2D eigenvalue weighted by atomic mass is 10.0. The Balaban J connectivity index is 1.34. The number of anilines is 1. The van der Waals surface area contributed by atoms with E-state index in [1.54, 1.807) is 0 Å². The molecule has 2 aromatic rings. The van der Waals surface area contributed by atoms with E-state index < -0.39 is 0 Å². The average Bonchev–Trinajstić information content (AvgIpc) is 2.95. The van der Waals surface area contributed by atoms with Crippen molar-refractivity contribution in [2.75, 3.05) is 50.9 Å². The second-order valence-corrected chi connectivity index (χ2v) is 11.1. The molecule has 0 unspecified atom stereocenters. The minimum atomic E-state index is 0.0767. The Kier molecular flexibility index (Phi) is 6.34.